The summed E-state index contributed by atoms with van der Waals surface area (Å²) in [6.45, 7) is 0.327. The Hall–Kier alpha value is -2.82. The molecule has 1 saturated heterocycles. The smallest absolute Gasteiger partial charge is 0.369 e. The third-order valence-corrected chi connectivity index (χ3v) is 8.33. The SMILES string of the molecule is NC(=O)C1C2CC(N3CCN(C(=O)c4nc5c(C(F)(F)F)cc(C6CC6)cn5c4Cl)CC3=O)CC21. The van der Waals surface area contributed by atoms with Crippen LogP contribution in [-0.2, 0) is 15.8 Å². The predicted molar refractivity (Wildman–Crippen MR) is 117 cm³/mol. The number of pyridine rings is 1. The first-order chi connectivity index (χ1) is 16.5. The number of carbonyl (C=O) groups excluding carboxylic acids is 3. The summed E-state index contributed by atoms with van der Waals surface area (Å²) in [6, 6.07) is 1.10. The fourth-order valence-corrected chi connectivity index (χ4v) is 6.26. The topological polar surface area (TPSA) is 101 Å². The van der Waals surface area contributed by atoms with Crippen molar-refractivity contribution in [3.63, 3.8) is 0 Å². The van der Waals surface area contributed by atoms with Crippen molar-refractivity contribution in [3.8, 4) is 0 Å². The highest BCUT2D eigenvalue weighted by molar-refractivity contribution is 6.33. The van der Waals surface area contributed by atoms with E-state index in [1.165, 1.54) is 11.1 Å². The molecule has 2 aromatic rings. The third-order valence-electron chi connectivity index (χ3n) is 7.97. The van der Waals surface area contributed by atoms with Crippen LogP contribution >= 0.6 is 11.6 Å². The second-order valence-corrected chi connectivity index (χ2v) is 10.5. The van der Waals surface area contributed by atoms with Crippen LogP contribution in [0.3, 0.4) is 0 Å². The van der Waals surface area contributed by atoms with E-state index in [0.717, 1.165) is 36.2 Å². The van der Waals surface area contributed by atoms with Crippen molar-refractivity contribution in [1.29, 1.82) is 0 Å². The van der Waals surface area contributed by atoms with Gasteiger partial charge in [0, 0.05) is 31.2 Å². The maximum absolute atomic E-state index is 13.8. The van der Waals surface area contributed by atoms with Gasteiger partial charge in [0.15, 0.2) is 11.3 Å². The lowest BCUT2D eigenvalue weighted by atomic mass is 10.0. The summed E-state index contributed by atoms with van der Waals surface area (Å²) < 4.78 is 42.4. The summed E-state index contributed by atoms with van der Waals surface area (Å²) in [5.74, 6) is -0.793. The molecule has 2 unspecified atom stereocenters. The summed E-state index contributed by atoms with van der Waals surface area (Å²) in [5, 5.41) is -0.193. The molecule has 3 aliphatic carbocycles. The first-order valence-corrected chi connectivity index (χ1v) is 12.1. The van der Waals surface area contributed by atoms with E-state index in [1.807, 2.05) is 0 Å². The summed E-state index contributed by atoms with van der Waals surface area (Å²) in [4.78, 5) is 44.5. The second-order valence-electron chi connectivity index (χ2n) is 10.1. The van der Waals surface area contributed by atoms with Crippen LogP contribution in [0.5, 0.6) is 0 Å². The van der Waals surface area contributed by atoms with E-state index in [0.29, 0.717) is 12.1 Å². The van der Waals surface area contributed by atoms with Crippen LogP contribution in [0, 0.1) is 17.8 Å². The Morgan fingerprint density at radius 1 is 1.14 bits per heavy atom. The molecule has 0 bridgehead atoms. The summed E-state index contributed by atoms with van der Waals surface area (Å²) >= 11 is 6.37. The summed E-state index contributed by atoms with van der Waals surface area (Å²) in [5.41, 5.74) is 4.27. The van der Waals surface area contributed by atoms with Crippen molar-refractivity contribution >= 4 is 35.0 Å². The van der Waals surface area contributed by atoms with E-state index < -0.39 is 23.3 Å². The number of hydrogen-bond donors (Lipinski definition) is 1. The monoisotopic (exact) mass is 509 g/mol. The van der Waals surface area contributed by atoms with Gasteiger partial charge in [-0.15, -0.1) is 0 Å². The Balaban J connectivity index is 1.21. The molecule has 3 amide bonds. The van der Waals surface area contributed by atoms with Crippen LogP contribution in [0.1, 0.15) is 53.2 Å². The van der Waals surface area contributed by atoms with Crippen LogP contribution < -0.4 is 5.73 Å². The van der Waals surface area contributed by atoms with Crippen molar-refractivity contribution in [2.24, 2.45) is 23.5 Å². The highest BCUT2D eigenvalue weighted by atomic mass is 35.5. The van der Waals surface area contributed by atoms with Crippen molar-refractivity contribution in [2.45, 2.75) is 43.8 Å². The first kappa shape index (κ1) is 22.6. The lowest BCUT2D eigenvalue weighted by Gasteiger charge is -2.38. The van der Waals surface area contributed by atoms with Crippen LogP contribution in [0.25, 0.3) is 5.65 Å². The molecule has 3 heterocycles. The second kappa shape index (κ2) is 7.59. The van der Waals surface area contributed by atoms with E-state index >= 15 is 0 Å². The third kappa shape index (κ3) is 3.66. The van der Waals surface area contributed by atoms with Gasteiger partial charge < -0.3 is 15.5 Å². The van der Waals surface area contributed by atoms with Crippen molar-refractivity contribution < 1.29 is 27.6 Å². The molecule has 2 aromatic heterocycles. The number of aromatic nitrogens is 2. The number of nitrogens with zero attached hydrogens (tertiary/aromatic N) is 4. The molecule has 2 N–H and O–H groups in total. The lowest BCUT2D eigenvalue weighted by Crippen LogP contribution is -2.55. The molecule has 6 rings (SSSR count). The highest BCUT2D eigenvalue weighted by Crippen LogP contribution is 2.58. The molecule has 35 heavy (non-hydrogen) atoms. The molecule has 0 spiro atoms. The molecule has 3 saturated carbocycles. The summed E-state index contributed by atoms with van der Waals surface area (Å²) in [6.07, 6.45) is -0.0854. The standard InChI is InChI=1S/C23H23ClF3N5O3/c24-19-18(29-21-15(23(25,26)27)5-11(8-32(19)21)10-1-2-10)22(35)30-3-4-31(16(33)9-30)12-6-13-14(7-12)17(13)20(28)34/h5,8,10,12-14,17H,1-4,6-7,9H2,(H2,28,34). The van der Waals surface area contributed by atoms with E-state index in [1.54, 1.807) is 4.90 Å². The molecular formula is C23H23ClF3N5O3. The molecule has 2 atom stereocenters. The normalized spacial score (nSPS) is 28.5. The van der Waals surface area contributed by atoms with Gasteiger partial charge in [0.05, 0.1) is 5.56 Å². The molecular weight excluding hydrogens is 487 g/mol. The average Bonchev–Trinajstić information content (AvgIpc) is 3.69. The van der Waals surface area contributed by atoms with E-state index in [4.69, 9.17) is 17.3 Å². The largest absolute Gasteiger partial charge is 0.419 e. The average molecular weight is 510 g/mol. The van der Waals surface area contributed by atoms with Gasteiger partial charge in [0.2, 0.25) is 11.8 Å². The predicted octanol–water partition coefficient (Wildman–Crippen LogP) is 2.68. The number of halogens is 4. The Morgan fingerprint density at radius 3 is 2.40 bits per heavy atom. The van der Waals surface area contributed by atoms with Gasteiger partial charge in [-0.3, -0.25) is 18.8 Å². The minimum Gasteiger partial charge on any atom is -0.369 e. The van der Waals surface area contributed by atoms with Gasteiger partial charge in [-0.25, -0.2) is 4.98 Å². The quantitative estimate of drug-likeness (QED) is 0.684. The Morgan fingerprint density at radius 2 is 1.83 bits per heavy atom. The van der Waals surface area contributed by atoms with E-state index in [2.05, 4.69) is 4.98 Å². The number of hydrogen-bond acceptors (Lipinski definition) is 4. The number of alkyl halides is 3. The Bertz CT molecular complexity index is 1260. The fraction of sp³-hybridized carbons (Fsp3) is 0.565. The number of imidazole rings is 1. The fourth-order valence-electron chi connectivity index (χ4n) is 6.01. The van der Waals surface area contributed by atoms with Gasteiger partial charge in [-0.05, 0) is 55.1 Å². The van der Waals surface area contributed by atoms with E-state index in [-0.39, 0.29) is 65.5 Å². The molecule has 1 aliphatic heterocycles. The van der Waals surface area contributed by atoms with E-state index in [9.17, 15) is 27.6 Å². The highest BCUT2D eigenvalue weighted by Gasteiger charge is 2.60. The van der Waals surface area contributed by atoms with Gasteiger partial charge in [0.25, 0.3) is 5.91 Å². The van der Waals surface area contributed by atoms with Gasteiger partial charge in [-0.1, -0.05) is 11.6 Å². The zero-order chi connectivity index (χ0) is 24.8. The van der Waals surface area contributed by atoms with Crippen LogP contribution in [0.2, 0.25) is 5.15 Å². The van der Waals surface area contributed by atoms with Crippen LogP contribution in [0.4, 0.5) is 13.2 Å². The van der Waals surface area contributed by atoms with Crippen LogP contribution in [0.15, 0.2) is 12.3 Å². The van der Waals surface area contributed by atoms with Gasteiger partial charge in [-0.2, -0.15) is 13.2 Å². The minimum absolute atomic E-state index is 0.0133. The molecule has 0 aromatic carbocycles. The number of fused-ring (bicyclic) bond motifs is 2. The number of rotatable bonds is 4. The number of carbonyl (C=O) groups is 3. The molecule has 4 fully saturated rings. The molecule has 8 nitrogen and oxygen atoms in total. The van der Waals surface area contributed by atoms with Gasteiger partial charge in [0.1, 0.15) is 11.7 Å². The Kier molecular flexibility index (Phi) is 4.91. The zero-order valence-electron chi connectivity index (χ0n) is 18.6. The number of amides is 3. The number of nitrogens with two attached hydrogens (primary N) is 1. The first-order valence-electron chi connectivity index (χ1n) is 11.7. The maximum Gasteiger partial charge on any atom is 0.419 e. The molecule has 12 heteroatoms. The summed E-state index contributed by atoms with van der Waals surface area (Å²) in [7, 11) is 0. The lowest BCUT2D eigenvalue weighted by molar-refractivity contribution is -0.138. The zero-order valence-corrected chi connectivity index (χ0v) is 19.3. The molecule has 4 aliphatic rings. The maximum atomic E-state index is 13.8. The number of piperazine rings is 1. The molecule has 0 radical (unpaired) electrons. The van der Waals surface area contributed by atoms with Crippen molar-refractivity contribution in [1.82, 2.24) is 19.2 Å². The van der Waals surface area contributed by atoms with Crippen LogP contribution in [-0.4, -0.2) is 62.6 Å². The van der Waals surface area contributed by atoms with Gasteiger partial charge >= 0.3 is 6.18 Å². The molecule has 186 valence electrons. The minimum atomic E-state index is -4.65. The van der Waals surface area contributed by atoms with Crippen molar-refractivity contribution in [3.05, 3.63) is 34.2 Å². The Labute approximate surface area is 203 Å². The number of primary amides is 1. The van der Waals surface area contributed by atoms with Crippen molar-refractivity contribution in [2.75, 3.05) is 19.6 Å².